The molecule has 2 heteroatoms. The maximum absolute atomic E-state index is 5.97. The van der Waals surface area contributed by atoms with Crippen molar-refractivity contribution in [2.24, 2.45) is 5.73 Å². The average Bonchev–Trinajstić information content (AvgIpc) is 2.28. The summed E-state index contributed by atoms with van der Waals surface area (Å²) in [5.41, 5.74) is 8.46. The Hall–Kier alpha value is -1.02. The van der Waals surface area contributed by atoms with Gasteiger partial charge in [0.15, 0.2) is 0 Å². The van der Waals surface area contributed by atoms with Gasteiger partial charge >= 0.3 is 0 Å². The fourth-order valence-corrected chi connectivity index (χ4v) is 1.68. The molecule has 15 heavy (non-hydrogen) atoms. The first-order chi connectivity index (χ1) is 7.19. The number of benzene rings is 1. The van der Waals surface area contributed by atoms with Gasteiger partial charge in [-0.15, -0.1) is 0 Å². The number of anilines is 1. The summed E-state index contributed by atoms with van der Waals surface area (Å²) >= 11 is 0. The molecule has 0 radical (unpaired) electrons. The van der Waals surface area contributed by atoms with Crippen molar-refractivity contribution in [3.63, 3.8) is 0 Å². The zero-order chi connectivity index (χ0) is 11.3. The van der Waals surface area contributed by atoms with Crippen LogP contribution >= 0.6 is 0 Å². The summed E-state index contributed by atoms with van der Waals surface area (Å²) in [6, 6.07) is 8.75. The van der Waals surface area contributed by atoms with E-state index in [0.717, 1.165) is 13.0 Å². The zero-order valence-corrected chi connectivity index (χ0v) is 10.0. The lowest BCUT2D eigenvalue weighted by atomic mass is 10.1. The molecule has 0 fully saturated rings. The predicted molar refractivity (Wildman–Crippen MR) is 67.2 cm³/mol. The van der Waals surface area contributed by atoms with Gasteiger partial charge in [0.05, 0.1) is 0 Å². The molecule has 0 amide bonds. The van der Waals surface area contributed by atoms with Crippen molar-refractivity contribution in [3.05, 3.63) is 29.8 Å². The van der Waals surface area contributed by atoms with Gasteiger partial charge in [-0.3, -0.25) is 0 Å². The predicted octanol–water partition coefficient (Wildman–Crippen LogP) is 2.94. The molecule has 1 rings (SSSR count). The molecule has 0 saturated heterocycles. The highest BCUT2D eigenvalue weighted by Gasteiger charge is 2.04. The second-order valence-corrected chi connectivity index (χ2v) is 4.03. The molecule has 0 bridgehead atoms. The van der Waals surface area contributed by atoms with Crippen LogP contribution in [-0.4, -0.2) is 13.6 Å². The van der Waals surface area contributed by atoms with E-state index in [1.165, 1.54) is 17.7 Å². The first-order valence-electron chi connectivity index (χ1n) is 5.75. The molecule has 1 atom stereocenters. The van der Waals surface area contributed by atoms with E-state index in [0.29, 0.717) is 0 Å². The van der Waals surface area contributed by atoms with Gasteiger partial charge in [0, 0.05) is 25.3 Å². The first-order valence-corrected chi connectivity index (χ1v) is 5.75. The van der Waals surface area contributed by atoms with Crippen molar-refractivity contribution in [2.75, 3.05) is 18.5 Å². The highest BCUT2D eigenvalue weighted by atomic mass is 15.1. The lowest BCUT2D eigenvalue weighted by molar-refractivity contribution is 0.698. The van der Waals surface area contributed by atoms with Crippen molar-refractivity contribution in [1.82, 2.24) is 0 Å². The molecule has 0 aliphatic rings. The Labute approximate surface area is 93.1 Å². The van der Waals surface area contributed by atoms with Gasteiger partial charge in [-0.25, -0.2) is 0 Å². The zero-order valence-electron chi connectivity index (χ0n) is 10.0. The van der Waals surface area contributed by atoms with Crippen LogP contribution in [0.5, 0.6) is 0 Å². The van der Waals surface area contributed by atoms with Crippen LogP contribution in [0.15, 0.2) is 24.3 Å². The van der Waals surface area contributed by atoms with Crippen LogP contribution in [0.4, 0.5) is 5.69 Å². The molecule has 0 spiro atoms. The molecule has 0 saturated carbocycles. The summed E-state index contributed by atoms with van der Waals surface area (Å²) in [6.07, 6.45) is 2.16. The topological polar surface area (TPSA) is 29.3 Å². The summed E-state index contributed by atoms with van der Waals surface area (Å²) in [5, 5.41) is 0. The number of nitrogens with two attached hydrogens (primary N) is 1. The van der Waals surface area contributed by atoms with Gasteiger partial charge in [0.1, 0.15) is 0 Å². The molecule has 2 N–H and O–H groups in total. The molecule has 1 aromatic carbocycles. The van der Waals surface area contributed by atoms with E-state index in [1.807, 2.05) is 0 Å². The number of hydrogen-bond donors (Lipinski definition) is 1. The van der Waals surface area contributed by atoms with Gasteiger partial charge in [0.25, 0.3) is 0 Å². The van der Waals surface area contributed by atoms with Crippen molar-refractivity contribution >= 4 is 5.69 Å². The molecule has 0 aliphatic heterocycles. The highest BCUT2D eigenvalue weighted by molar-refractivity contribution is 5.47. The number of nitrogens with zero attached hydrogens (tertiary/aromatic N) is 1. The minimum atomic E-state index is 0.176. The molecule has 84 valence electrons. The number of rotatable bonds is 5. The Balaban J connectivity index is 2.71. The highest BCUT2D eigenvalue weighted by Crippen LogP contribution is 2.18. The van der Waals surface area contributed by atoms with Crippen LogP contribution in [-0.2, 0) is 0 Å². The maximum Gasteiger partial charge on any atom is 0.0363 e. The van der Waals surface area contributed by atoms with E-state index >= 15 is 0 Å². The van der Waals surface area contributed by atoms with Gasteiger partial charge in [0.2, 0.25) is 0 Å². The Morgan fingerprint density at radius 1 is 1.20 bits per heavy atom. The van der Waals surface area contributed by atoms with Crippen LogP contribution in [0.25, 0.3) is 0 Å². The quantitative estimate of drug-likeness (QED) is 0.802. The summed E-state index contributed by atoms with van der Waals surface area (Å²) in [4.78, 5) is 2.27. The van der Waals surface area contributed by atoms with Crippen LogP contribution in [0, 0.1) is 0 Å². The van der Waals surface area contributed by atoms with Gasteiger partial charge < -0.3 is 10.6 Å². The third-order valence-electron chi connectivity index (χ3n) is 2.76. The largest absolute Gasteiger partial charge is 0.375 e. The van der Waals surface area contributed by atoms with Crippen LogP contribution in [0.2, 0.25) is 0 Å². The second kappa shape index (κ2) is 5.76. The van der Waals surface area contributed by atoms with Gasteiger partial charge in [-0.1, -0.05) is 26.0 Å². The van der Waals surface area contributed by atoms with E-state index in [2.05, 4.69) is 50.1 Å². The minimum absolute atomic E-state index is 0.176. The Bertz CT molecular complexity index is 279. The average molecular weight is 206 g/mol. The molecule has 0 heterocycles. The lowest BCUT2D eigenvalue weighted by Crippen LogP contribution is -2.17. The molecule has 0 unspecified atom stereocenters. The fraction of sp³-hybridized carbons (Fsp3) is 0.538. The molecule has 2 nitrogen and oxygen atoms in total. The van der Waals surface area contributed by atoms with Crippen LogP contribution in [0.1, 0.15) is 38.3 Å². The number of hydrogen-bond acceptors (Lipinski definition) is 2. The van der Waals surface area contributed by atoms with E-state index in [1.54, 1.807) is 0 Å². The van der Waals surface area contributed by atoms with E-state index in [4.69, 9.17) is 5.73 Å². The third kappa shape index (κ3) is 3.24. The summed E-state index contributed by atoms with van der Waals surface area (Å²) in [5.74, 6) is 0. The van der Waals surface area contributed by atoms with E-state index < -0.39 is 0 Å². The Kier molecular flexibility index (Phi) is 4.63. The van der Waals surface area contributed by atoms with E-state index in [-0.39, 0.29) is 6.04 Å². The lowest BCUT2D eigenvalue weighted by Gasteiger charge is -2.19. The third-order valence-corrected chi connectivity index (χ3v) is 2.76. The summed E-state index contributed by atoms with van der Waals surface area (Å²) < 4.78 is 0. The van der Waals surface area contributed by atoms with Crippen molar-refractivity contribution < 1.29 is 0 Å². The molecule has 0 aromatic heterocycles. The molecule has 1 aromatic rings. The maximum atomic E-state index is 5.97. The Morgan fingerprint density at radius 3 is 2.27 bits per heavy atom. The molecule has 0 aliphatic carbocycles. The second-order valence-electron chi connectivity index (χ2n) is 4.03. The normalized spacial score (nSPS) is 12.5. The van der Waals surface area contributed by atoms with Gasteiger partial charge in [-0.2, -0.15) is 0 Å². The monoisotopic (exact) mass is 206 g/mol. The molecular weight excluding hydrogens is 184 g/mol. The Morgan fingerprint density at radius 2 is 1.80 bits per heavy atom. The van der Waals surface area contributed by atoms with Crippen LogP contribution in [0.3, 0.4) is 0 Å². The van der Waals surface area contributed by atoms with Crippen molar-refractivity contribution in [2.45, 2.75) is 32.7 Å². The smallest absolute Gasteiger partial charge is 0.0363 e. The van der Waals surface area contributed by atoms with Gasteiger partial charge in [-0.05, 0) is 30.5 Å². The fourth-order valence-electron chi connectivity index (χ4n) is 1.68. The first kappa shape index (κ1) is 12.1. The summed E-state index contributed by atoms with van der Waals surface area (Å²) in [6.45, 7) is 5.40. The summed E-state index contributed by atoms with van der Waals surface area (Å²) in [7, 11) is 2.12. The SMILES string of the molecule is CCCN(C)c1ccc([C@@H](N)CC)cc1. The van der Waals surface area contributed by atoms with Crippen LogP contribution < -0.4 is 10.6 Å². The minimum Gasteiger partial charge on any atom is -0.375 e. The van der Waals surface area contributed by atoms with Crippen molar-refractivity contribution in [1.29, 1.82) is 0 Å². The van der Waals surface area contributed by atoms with Crippen molar-refractivity contribution in [3.8, 4) is 0 Å². The van der Waals surface area contributed by atoms with E-state index in [9.17, 15) is 0 Å². The standard InChI is InChI=1S/C13H22N2/c1-4-10-15(3)12-8-6-11(7-9-12)13(14)5-2/h6-9,13H,4-5,10,14H2,1-3H3/t13-/m0/s1. The molecular formula is C13H22N2.